The zero-order valence-corrected chi connectivity index (χ0v) is 13.0. The maximum atomic E-state index is 6.17. The summed E-state index contributed by atoms with van der Waals surface area (Å²) in [5.74, 6) is 1.22. The van der Waals surface area contributed by atoms with E-state index in [4.69, 9.17) is 16.3 Å². The van der Waals surface area contributed by atoms with E-state index in [1.165, 1.54) is 12.8 Å². The van der Waals surface area contributed by atoms with Crippen molar-refractivity contribution in [1.82, 2.24) is 20.1 Å². The molecule has 1 aliphatic rings. The van der Waals surface area contributed by atoms with Crippen LogP contribution in [0.4, 0.5) is 0 Å². The van der Waals surface area contributed by atoms with Crippen molar-refractivity contribution in [2.45, 2.75) is 45.3 Å². The van der Waals surface area contributed by atoms with Crippen LogP contribution < -0.4 is 10.1 Å². The van der Waals surface area contributed by atoms with E-state index in [1.54, 1.807) is 12.4 Å². The highest BCUT2D eigenvalue weighted by molar-refractivity contribution is 6.31. The number of hydrogen-bond acceptors (Lipinski definition) is 4. The summed E-state index contributed by atoms with van der Waals surface area (Å²) < 4.78 is 7.59. The molecule has 0 saturated heterocycles. The summed E-state index contributed by atoms with van der Waals surface area (Å²) in [7, 11) is 0. The van der Waals surface area contributed by atoms with Gasteiger partial charge in [0.1, 0.15) is 0 Å². The number of hydrogen-bond donors (Lipinski definition) is 1. The van der Waals surface area contributed by atoms with Gasteiger partial charge in [0, 0.05) is 30.9 Å². The van der Waals surface area contributed by atoms with Gasteiger partial charge in [0.05, 0.1) is 17.4 Å². The molecular weight excluding hydrogens is 288 g/mol. The van der Waals surface area contributed by atoms with E-state index in [0.717, 1.165) is 12.1 Å². The Morgan fingerprint density at radius 3 is 2.90 bits per heavy atom. The van der Waals surface area contributed by atoms with Crippen LogP contribution in [-0.4, -0.2) is 20.8 Å². The van der Waals surface area contributed by atoms with Crippen LogP contribution in [0.15, 0.2) is 24.7 Å². The number of ether oxygens (including phenoxy) is 1. The molecule has 3 rings (SSSR count). The highest BCUT2D eigenvalue weighted by atomic mass is 35.5. The van der Waals surface area contributed by atoms with Crippen LogP contribution in [0, 0.1) is 0 Å². The molecule has 0 bridgehead atoms. The Morgan fingerprint density at radius 2 is 2.24 bits per heavy atom. The highest BCUT2D eigenvalue weighted by Gasteiger charge is 2.20. The minimum absolute atomic E-state index is 0.304. The predicted molar refractivity (Wildman–Crippen MR) is 81.8 cm³/mol. The molecule has 112 valence electrons. The van der Waals surface area contributed by atoms with Gasteiger partial charge in [-0.3, -0.25) is 4.68 Å². The molecule has 1 N–H and O–H groups in total. The molecule has 6 heteroatoms. The normalized spacial score (nSPS) is 14.7. The lowest BCUT2D eigenvalue weighted by molar-refractivity contribution is 0.458. The molecular formula is C15H19ClN4O. The fourth-order valence-corrected chi connectivity index (χ4v) is 2.14. The summed E-state index contributed by atoms with van der Waals surface area (Å²) in [5, 5.41) is 8.35. The molecule has 0 unspecified atom stereocenters. The predicted octanol–water partition coefficient (Wildman–Crippen LogP) is 3.56. The van der Waals surface area contributed by atoms with Gasteiger partial charge in [-0.25, -0.2) is 4.98 Å². The van der Waals surface area contributed by atoms with E-state index < -0.39 is 0 Å². The molecule has 0 amide bonds. The molecule has 2 aromatic rings. The zero-order chi connectivity index (χ0) is 14.8. The molecule has 5 nitrogen and oxygen atoms in total. The van der Waals surface area contributed by atoms with Crippen molar-refractivity contribution in [3.05, 3.63) is 35.2 Å². The van der Waals surface area contributed by atoms with Crippen molar-refractivity contribution >= 4 is 11.6 Å². The van der Waals surface area contributed by atoms with Crippen LogP contribution in [0.2, 0.25) is 5.02 Å². The van der Waals surface area contributed by atoms with Gasteiger partial charge >= 0.3 is 0 Å². The van der Waals surface area contributed by atoms with E-state index in [0.29, 0.717) is 28.7 Å². The first-order valence-electron chi connectivity index (χ1n) is 7.21. The Balaban J connectivity index is 1.70. The van der Waals surface area contributed by atoms with Crippen LogP contribution >= 0.6 is 11.6 Å². The van der Waals surface area contributed by atoms with Gasteiger partial charge in [-0.15, -0.1) is 0 Å². The van der Waals surface area contributed by atoms with Crippen molar-refractivity contribution in [2.24, 2.45) is 0 Å². The Morgan fingerprint density at radius 1 is 1.43 bits per heavy atom. The largest absolute Gasteiger partial charge is 0.436 e. The first kappa shape index (κ1) is 14.4. The molecule has 21 heavy (non-hydrogen) atoms. The molecule has 0 atom stereocenters. The SMILES string of the molecule is CC(C)n1cc(Oc2cc(CNC3CC3)c(Cl)cn2)cn1. The van der Waals surface area contributed by atoms with Crippen LogP contribution in [0.25, 0.3) is 0 Å². The first-order chi connectivity index (χ1) is 10.1. The summed E-state index contributed by atoms with van der Waals surface area (Å²) in [4.78, 5) is 4.21. The summed E-state index contributed by atoms with van der Waals surface area (Å²) in [5.41, 5.74) is 1.00. The molecule has 2 heterocycles. The smallest absolute Gasteiger partial charge is 0.219 e. The van der Waals surface area contributed by atoms with Crippen molar-refractivity contribution in [1.29, 1.82) is 0 Å². The van der Waals surface area contributed by atoms with Crippen LogP contribution in [0.3, 0.4) is 0 Å². The first-order valence-corrected chi connectivity index (χ1v) is 7.59. The fraction of sp³-hybridized carbons (Fsp3) is 0.467. The van der Waals surface area contributed by atoms with Crippen molar-refractivity contribution in [3.8, 4) is 11.6 Å². The lowest BCUT2D eigenvalue weighted by Gasteiger charge is -2.08. The minimum Gasteiger partial charge on any atom is -0.436 e. The van der Waals surface area contributed by atoms with E-state index in [2.05, 4.69) is 29.2 Å². The van der Waals surface area contributed by atoms with E-state index >= 15 is 0 Å². The number of rotatable bonds is 6. The van der Waals surface area contributed by atoms with Gasteiger partial charge in [-0.2, -0.15) is 5.10 Å². The average Bonchev–Trinajstić information content (AvgIpc) is 3.17. The Labute approximate surface area is 129 Å². The lowest BCUT2D eigenvalue weighted by Crippen LogP contribution is -2.15. The lowest BCUT2D eigenvalue weighted by atomic mass is 10.2. The number of nitrogens with one attached hydrogen (secondary N) is 1. The van der Waals surface area contributed by atoms with E-state index in [-0.39, 0.29) is 0 Å². The van der Waals surface area contributed by atoms with Gasteiger partial charge in [0.15, 0.2) is 5.75 Å². The molecule has 0 spiro atoms. The molecule has 0 aliphatic heterocycles. The molecule has 2 aromatic heterocycles. The van der Waals surface area contributed by atoms with Crippen LogP contribution in [0.5, 0.6) is 11.6 Å². The standard InChI is InChI=1S/C15H19ClN4O/c1-10(2)20-9-13(7-19-20)21-15-5-11(14(16)8-18-15)6-17-12-3-4-12/h5,7-10,12,17H,3-4,6H2,1-2H3. The third kappa shape index (κ3) is 3.74. The highest BCUT2D eigenvalue weighted by Crippen LogP contribution is 2.25. The van der Waals surface area contributed by atoms with Gasteiger partial charge < -0.3 is 10.1 Å². The Hall–Kier alpha value is -1.59. The second-order valence-electron chi connectivity index (χ2n) is 5.62. The van der Waals surface area contributed by atoms with Gasteiger partial charge in [0.2, 0.25) is 5.88 Å². The zero-order valence-electron chi connectivity index (χ0n) is 12.2. The third-order valence-corrected chi connectivity index (χ3v) is 3.74. The molecule has 0 radical (unpaired) electrons. The minimum atomic E-state index is 0.304. The molecule has 0 aromatic carbocycles. The van der Waals surface area contributed by atoms with E-state index in [1.807, 2.05) is 16.9 Å². The van der Waals surface area contributed by atoms with Gasteiger partial charge in [-0.1, -0.05) is 11.6 Å². The van der Waals surface area contributed by atoms with E-state index in [9.17, 15) is 0 Å². The van der Waals surface area contributed by atoms with Gasteiger partial charge in [-0.05, 0) is 32.3 Å². The van der Waals surface area contributed by atoms with Crippen molar-refractivity contribution < 1.29 is 4.74 Å². The second kappa shape index (κ2) is 6.03. The summed E-state index contributed by atoms with van der Waals surface area (Å²) >= 11 is 6.17. The molecule has 1 aliphatic carbocycles. The number of halogens is 1. The topological polar surface area (TPSA) is 52.0 Å². The Kier molecular flexibility index (Phi) is 4.12. The van der Waals surface area contributed by atoms with Crippen molar-refractivity contribution in [3.63, 3.8) is 0 Å². The average molecular weight is 307 g/mol. The molecule has 1 saturated carbocycles. The quantitative estimate of drug-likeness (QED) is 0.886. The summed E-state index contributed by atoms with van der Waals surface area (Å²) in [6, 6.07) is 2.83. The fourth-order valence-electron chi connectivity index (χ4n) is 1.97. The number of pyridine rings is 1. The second-order valence-corrected chi connectivity index (χ2v) is 6.03. The third-order valence-electron chi connectivity index (χ3n) is 3.40. The van der Waals surface area contributed by atoms with Gasteiger partial charge in [0.25, 0.3) is 0 Å². The summed E-state index contributed by atoms with van der Waals surface area (Å²) in [6.45, 7) is 4.88. The maximum Gasteiger partial charge on any atom is 0.219 e. The van der Waals surface area contributed by atoms with Crippen LogP contribution in [0.1, 0.15) is 38.3 Å². The number of nitrogens with zero attached hydrogens (tertiary/aromatic N) is 3. The monoisotopic (exact) mass is 306 g/mol. The molecule has 1 fully saturated rings. The van der Waals surface area contributed by atoms with Crippen LogP contribution in [-0.2, 0) is 6.54 Å². The summed E-state index contributed by atoms with van der Waals surface area (Å²) in [6.07, 6.45) is 7.69. The van der Waals surface area contributed by atoms with Crippen molar-refractivity contribution in [2.75, 3.05) is 0 Å². The number of aromatic nitrogens is 3. The maximum absolute atomic E-state index is 6.17. The Bertz CT molecular complexity index is 622.